The summed E-state index contributed by atoms with van der Waals surface area (Å²) in [6.07, 6.45) is 0.474. The van der Waals surface area contributed by atoms with Crippen LogP contribution in [-0.2, 0) is 11.3 Å². The monoisotopic (exact) mass is 405 g/mol. The molecule has 0 aliphatic rings. The van der Waals surface area contributed by atoms with Crippen LogP contribution in [0.4, 0.5) is 5.69 Å². The van der Waals surface area contributed by atoms with E-state index in [9.17, 15) is 4.79 Å². The van der Waals surface area contributed by atoms with Crippen molar-refractivity contribution in [3.05, 3.63) is 72.0 Å². The summed E-state index contributed by atoms with van der Waals surface area (Å²) in [6, 6.07) is 20.1. The average Bonchev–Trinajstić information content (AvgIpc) is 3.39. The summed E-state index contributed by atoms with van der Waals surface area (Å²) >= 11 is 1.64. The number of rotatable bonds is 7. The topological polar surface area (TPSA) is 67.2 Å². The van der Waals surface area contributed by atoms with Crippen molar-refractivity contribution < 1.29 is 9.21 Å². The van der Waals surface area contributed by atoms with Crippen molar-refractivity contribution in [2.45, 2.75) is 32.9 Å². The van der Waals surface area contributed by atoms with Gasteiger partial charge in [-0.1, -0.05) is 31.2 Å². The van der Waals surface area contributed by atoms with E-state index in [0.717, 1.165) is 38.0 Å². The van der Waals surface area contributed by atoms with Gasteiger partial charge in [-0.2, -0.15) is 0 Å². The van der Waals surface area contributed by atoms with Gasteiger partial charge in [0.25, 0.3) is 0 Å². The Balaban J connectivity index is 1.37. The van der Waals surface area contributed by atoms with Gasteiger partial charge in [0.1, 0.15) is 5.76 Å². The number of carbonyl (C=O) groups is 1. The number of hydrogen-bond donors (Lipinski definition) is 2. The van der Waals surface area contributed by atoms with Gasteiger partial charge in [-0.25, -0.2) is 4.98 Å². The van der Waals surface area contributed by atoms with E-state index < -0.39 is 0 Å². The first kappa shape index (κ1) is 19.4. The van der Waals surface area contributed by atoms with Crippen LogP contribution in [0.3, 0.4) is 0 Å². The van der Waals surface area contributed by atoms with Crippen molar-refractivity contribution in [2.24, 2.45) is 0 Å². The van der Waals surface area contributed by atoms with E-state index in [0.29, 0.717) is 13.0 Å². The van der Waals surface area contributed by atoms with E-state index >= 15 is 0 Å². The van der Waals surface area contributed by atoms with Crippen LogP contribution < -0.4 is 10.6 Å². The fourth-order valence-corrected chi connectivity index (χ4v) is 3.97. The molecule has 0 saturated carbocycles. The van der Waals surface area contributed by atoms with Crippen LogP contribution in [0.2, 0.25) is 0 Å². The zero-order valence-corrected chi connectivity index (χ0v) is 17.3. The Kier molecular flexibility index (Phi) is 5.74. The number of amides is 1. The molecule has 5 nitrogen and oxygen atoms in total. The smallest absolute Gasteiger partial charge is 0.224 e. The first-order valence-corrected chi connectivity index (χ1v) is 10.5. The molecule has 0 bridgehead atoms. The Morgan fingerprint density at radius 3 is 2.66 bits per heavy atom. The highest BCUT2D eigenvalue weighted by Gasteiger charge is 2.12. The van der Waals surface area contributed by atoms with Gasteiger partial charge in [0.05, 0.1) is 16.8 Å². The van der Waals surface area contributed by atoms with E-state index in [1.165, 1.54) is 0 Å². The molecule has 2 heterocycles. The van der Waals surface area contributed by atoms with Gasteiger partial charge in [-0.05, 0) is 48.9 Å². The molecule has 2 aromatic heterocycles. The van der Waals surface area contributed by atoms with Gasteiger partial charge >= 0.3 is 0 Å². The third-order valence-corrected chi connectivity index (χ3v) is 5.82. The number of aromatic nitrogens is 1. The Morgan fingerprint density at radius 1 is 1.10 bits per heavy atom. The molecule has 0 aliphatic carbocycles. The van der Waals surface area contributed by atoms with Crippen molar-refractivity contribution in [3.63, 3.8) is 0 Å². The normalized spacial score (nSPS) is 12.2. The average molecular weight is 406 g/mol. The van der Waals surface area contributed by atoms with Crippen molar-refractivity contribution in [3.8, 4) is 10.8 Å². The molecule has 0 aliphatic heterocycles. The van der Waals surface area contributed by atoms with Crippen molar-refractivity contribution in [1.29, 1.82) is 0 Å². The number of carbonyl (C=O) groups excluding carboxylic acids is 1. The highest BCUT2D eigenvalue weighted by atomic mass is 32.1. The fourth-order valence-electron chi connectivity index (χ4n) is 3.04. The third-order valence-electron chi connectivity index (χ3n) is 4.76. The molecule has 0 saturated heterocycles. The zero-order chi connectivity index (χ0) is 20.2. The minimum absolute atomic E-state index is 0.0191. The summed E-state index contributed by atoms with van der Waals surface area (Å²) in [7, 11) is 0. The number of thiazole rings is 1. The van der Waals surface area contributed by atoms with E-state index in [4.69, 9.17) is 4.42 Å². The maximum absolute atomic E-state index is 11.5. The molecule has 1 atom stereocenters. The lowest BCUT2D eigenvalue weighted by Gasteiger charge is -2.14. The Morgan fingerprint density at radius 2 is 1.90 bits per heavy atom. The van der Waals surface area contributed by atoms with Gasteiger partial charge < -0.3 is 15.1 Å². The highest BCUT2D eigenvalue weighted by molar-refractivity contribution is 7.21. The Hall–Kier alpha value is -2.96. The minimum atomic E-state index is 0.0191. The molecule has 0 radical (unpaired) electrons. The molecule has 0 spiro atoms. The quantitative estimate of drug-likeness (QED) is 0.410. The van der Waals surface area contributed by atoms with Gasteiger partial charge in [0.15, 0.2) is 10.8 Å². The van der Waals surface area contributed by atoms with Crippen LogP contribution >= 0.6 is 11.3 Å². The highest BCUT2D eigenvalue weighted by Crippen LogP contribution is 2.31. The van der Waals surface area contributed by atoms with Crippen molar-refractivity contribution in [2.75, 3.05) is 5.32 Å². The third kappa shape index (κ3) is 4.55. The van der Waals surface area contributed by atoms with Crippen LogP contribution in [0.25, 0.3) is 21.0 Å². The van der Waals surface area contributed by atoms with Crippen molar-refractivity contribution >= 4 is 33.1 Å². The fraction of sp³-hybridized carbons (Fsp3) is 0.217. The van der Waals surface area contributed by atoms with Gasteiger partial charge in [-0.3, -0.25) is 4.79 Å². The number of furan rings is 1. The first-order chi connectivity index (χ1) is 14.1. The largest absolute Gasteiger partial charge is 0.457 e. The summed E-state index contributed by atoms with van der Waals surface area (Å²) in [5.41, 5.74) is 2.97. The number of nitrogens with one attached hydrogen (secondary N) is 2. The molecule has 2 aromatic carbocycles. The predicted octanol–water partition coefficient (Wildman–Crippen LogP) is 5.76. The Labute approximate surface area is 173 Å². The molecule has 6 heteroatoms. The van der Waals surface area contributed by atoms with Crippen LogP contribution in [-0.4, -0.2) is 10.9 Å². The standard InChI is InChI=1S/C23H23N3O2S/c1-3-22(27)25-17-10-8-16(9-11-17)15(2)24-14-18-12-13-20(28-18)23-26-19-6-4-5-7-21(19)29-23/h4-13,15,24H,3,14H2,1-2H3,(H,25,27)/t15-/m1/s1. The van der Waals surface area contributed by atoms with Crippen molar-refractivity contribution in [1.82, 2.24) is 10.3 Å². The SMILES string of the molecule is CCC(=O)Nc1ccc([C@@H](C)NCc2ccc(-c3nc4ccccc4s3)o2)cc1. The Bertz CT molecular complexity index is 1080. The summed E-state index contributed by atoms with van der Waals surface area (Å²) in [6.45, 7) is 4.57. The van der Waals surface area contributed by atoms with Gasteiger partial charge in [-0.15, -0.1) is 11.3 Å². The molecule has 0 unspecified atom stereocenters. The lowest BCUT2D eigenvalue weighted by atomic mass is 10.1. The van der Waals surface area contributed by atoms with E-state index in [2.05, 4.69) is 28.6 Å². The van der Waals surface area contributed by atoms with Gasteiger partial charge in [0.2, 0.25) is 5.91 Å². The van der Waals surface area contributed by atoms with Crippen LogP contribution in [0.5, 0.6) is 0 Å². The van der Waals surface area contributed by atoms with E-state index in [1.807, 2.05) is 61.5 Å². The second kappa shape index (κ2) is 8.59. The molecular weight excluding hydrogens is 382 g/mol. The molecule has 4 rings (SSSR count). The molecule has 2 N–H and O–H groups in total. The first-order valence-electron chi connectivity index (χ1n) is 9.70. The zero-order valence-electron chi connectivity index (χ0n) is 16.4. The molecule has 29 heavy (non-hydrogen) atoms. The number of para-hydroxylation sites is 1. The molecule has 0 fully saturated rings. The lowest BCUT2D eigenvalue weighted by Crippen LogP contribution is -2.17. The maximum atomic E-state index is 11.5. The molecule has 148 valence electrons. The number of benzene rings is 2. The summed E-state index contributed by atoms with van der Waals surface area (Å²) in [5.74, 6) is 1.69. The molecule has 4 aromatic rings. The summed E-state index contributed by atoms with van der Waals surface area (Å²) in [5, 5.41) is 7.24. The number of anilines is 1. The molecular formula is C23H23N3O2S. The minimum Gasteiger partial charge on any atom is -0.457 e. The van der Waals surface area contributed by atoms with Gasteiger partial charge in [0, 0.05) is 18.2 Å². The van der Waals surface area contributed by atoms with Crippen LogP contribution in [0.1, 0.15) is 37.6 Å². The lowest BCUT2D eigenvalue weighted by molar-refractivity contribution is -0.115. The predicted molar refractivity (Wildman–Crippen MR) is 118 cm³/mol. The number of fused-ring (bicyclic) bond motifs is 1. The van der Waals surface area contributed by atoms with Crippen LogP contribution in [0.15, 0.2) is 65.1 Å². The summed E-state index contributed by atoms with van der Waals surface area (Å²) < 4.78 is 7.16. The second-order valence-corrected chi connectivity index (χ2v) is 7.91. The van der Waals surface area contributed by atoms with E-state index in [-0.39, 0.29) is 11.9 Å². The summed E-state index contributed by atoms with van der Waals surface area (Å²) in [4.78, 5) is 16.1. The second-order valence-electron chi connectivity index (χ2n) is 6.88. The number of hydrogen-bond acceptors (Lipinski definition) is 5. The number of nitrogens with zero attached hydrogens (tertiary/aromatic N) is 1. The maximum Gasteiger partial charge on any atom is 0.224 e. The van der Waals surface area contributed by atoms with Crippen LogP contribution in [0, 0.1) is 0 Å². The van der Waals surface area contributed by atoms with E-state index in [1.54, 1.807) is 11.3 Å². The molecule has 1 amide bonds.